The fourth-order valence-corrected chi connectivity index (χ4v) is 2.12. The second-order valence-corrected chi connectivity index (χ2v) is 4.16. The topological polar surface area (TPSA) is 69.6 Å². The molecule has 1 aliphatic heterocycles. The van der Waals surface area contributed by atoms with Crippen LogP contribution in [0.25, 0.3) is 0 Å². The van der Waals surface area contributed by atoms with E-state index in [1.54, 1.807) is 13.1 Å². The number of hydrogen-bond acceptors (Lipinski definition) is 3. The Labute approximate surface area is 101 Å². The number of amides is 1. The van der Waals surface area contributed by atoms with Crippen LogP contribution in [0.3, 0.4) is 0 Å². The standard InChI is InChI=1S/C12H20N2O3/c1-3-9(12(16)17)6-8-14-7-4-5-10(14)11(15)13-2/h6,10H,3-5,7-8H2,1-2H3,(H,13,15)(H,16,17). The molecule has 1 heterocycles. The Morgan fingerprint density at radius 2 is 2.24 bits per heavy atom. The van der Waals surface area contributed by atoms with Gasteiger partial charge in [-0.1, -0.05) is 13.0 Å². The molecule has 1 saturated heterocycles. The van der Waals surface area contributed by atoms with Gasteiger partial charge in [-0.05, 0) is 25.8 Å². The third kappa shape index (κ3) is 3.56. The fraction of sp³-hybridized carbons (Fsp3) is 0.667. The quantitative estimate of drug-likeness (QED) is 0.691. The van der Waals surface area contributed by atoms with E-state index in [1.807, 2.05) is 11.8 Å². The summed E-state index contributed by atoms with van der Waals surface area (Å²) in [5.41, 5.74) is 0.410. The van der Waals surface area contributed by atoms with Crippen LogP contribution in [0.1, 0.15) is 26.2 Å². The van der Waals surface area contributed by atoms with E-state index in [9.17, 15) is 9.59 Å². The van der Waals surface area contributed by atoms with Crippen LogP contribution in [0, 0.1) is 0 Å². The number of likely N-dealkylation sites (tertiary alicyclic amines) is 1. The molecule has 1 atom stereocenters. The Bertz CT molecular complexity index is 326. The van der Waals surface area contributed by atoms with Crippen molar-refractivity contribution in [2.24, 2.45) is 0 Å². The Morgan fingerprint density at radius 1 is 1.53 bits per heavy atom. The number of carboxylic acids is 1. The van der Waals surface area contributed by atoms with Gasteiger partial charge in [-0.15, -0.1) is 0 Å². The van der Waals surface area contributed by atoms with Crippen LogP contribution in [0.2, 0.25) is 0 Å². The maximum atomic E-state index is 11.6. The summed E-state index contributed by atoms with van der Waals surface area (Å²) in [5, 5.41) is 11.5. The van der Waals surface area contributed by atoms with E-state index in [0.717, 1.165) is 19.4 Å². The van der Waals surface area contributed by atoms with Gasteiger partial charge in [-0.2, -0.15) is 0 Å². The summed E-state index contributed by atoms with van der Waals surface area (Å²) in [6.07, 6.45) is 4.06. The normalized spacial score (nSPS) is 21.5. The van der Waals surface area contributed by atoms with Gasteiger partial charge < -0.3 is 10.4 Å². The average molecular weight is 240 g/mol. The fourth-order valence-electron chi connectivity index (χ4n) is 2.12. The number of nitrogens with one attached hydrogen (secondary N) is 1. The van der Waals surface area contributed by atoms with Crippen molar-refractivity contribution in [3.63, 3.8) is 0 Å². The molecule has 0 radical (unpaired) electrons. The van der Waals surface area contributed by atoms with E-state index in [1.165, 1.54) is 0 Å². The molecule has 0 aromatic carbocycles. The van der Waals surface area contributed by atoms with Gasteiger partial charge in [-0.25, -0.2) is 4.79 Å². The first-order valence-corrected chi connectivity index (χ1v) is 5.98. The summed E-state index contributed by atoms with van der Waals surface area (Å²) in [6.45, 7) is 3.21. The van der Waals surface area contributed by atoms with E-state index in [0.29, 0.717) is 18.5 Å². The van der Waals surface area contributed by atoms with Crippen LogP contribution in [0.5, 0.6) is 0 Å². The lowest BCUT2D eigenvalue weighted by molar-refractivity contribution is -0.132. The molecule has 2 N–H and O–H groups in total. The highest BCUT2D eigenvalue weighted by Gasteiger charge is 2.29. The molecule has 1 rings (SSSR count). The maximum absolute atomic E-state index is 11.6. The molecule has 5 nitrogen and oxygen atoms in total. The molecule has 0 aromatic rings. The zero-order chi connectivity index (χ0) is 12.8. The largest absolute Gasteiger partial charge is 0.478 e. The van der Waals surface area contributed by atoms with E-state index < -0.39 is 5.97 Å². The number of nitrogens with zero attached hydrogens (tertiary/aromatic N) is 1. The molecular formula is C12H20N2O3. The van der Waals surface area contributed by atoms with Gasteiger partial charge in [0.05, 0.1) is 6.04 Å². The molecule has 1 aliphatic rings. The highest BCUT2D eigenvalue weighted by molar-refractivity contribution is 5.86. The Hall–Kier alpha value is -1.36. The minimum Gasteiger partial charge on any atom is -0.478 e. The molecule has 17 heavy (non-hydrogen) atoms. The van der Waals surface area contributed by atoms with Crippen LogP contribution < -0.4 is 5.32 Å². The second-order valence-electron chi connectivity index (χ2n) is 4.16. The number of likely N-dealkylation sites (N-methyl/N-ethyl adjacent to an activating group) is 1. The molecule has 0 aliphatic carbocycles. The highest BCUT2D eigenvalue weighted by Crippen LogP contribution is 2.17. The van der Waals surface area contributed by atoms with Crippen LogP contribution in [0.4, 0.5) is 0 Å². The van der Waals surface area contributed by atoms with E-state index in [4.69, 9.17) is 5.11 Å². The summed E-state index contributed by atoms with van der Waals surface area (Å²) >= 11 is 0. The number of rotatable bonds is 5. The predicted molar refractivity (Wildman–Crippen MR) is 64.7 cm³/mol. The van der Waals surface area contributed by atoms with Gasteiger partial charge in [0.25, 0.3) is 0 Å². The molecule has 0 aromatic heterocycles. The summed E-state index contributed by atoms with van der Waals surface area (Å²) in [4.78, 5) is 24.4. The van der Waals surface area contributed by atoms with Crippen LogP contribution >= 0.6 is 0 Å². The smallest absolute Gasteiger partial charge is 0.331 e. The summed E-state index contributed by atoms with van der Waals surface area (Å²) in [7, 11) is 1.63. The van der Waals surface area contributed by atoms with Gasteiger partial charge in [0, 0.05) is 19.2 Å². The number of carbonyl (C=O) groups excluding carboxylic acids is 1. The van der Waals surface area contributed by atoms with E-state index in [-0.39, 0.29) is 11.9 Å². The first kappa shape index (κ1) is 13.7. The Kier molecular flexibility index (Phi) is 5.15. The predicted octanol–water partition coefficient (Wildman–Crippen LogP) is 0.618. The van der Waals surface area contributed by atoms with Crippen molar-refractivity contribution in [2.75, 3.05) is 20.1 Å². The zero-order valence-corrected chi connectivity index (χ0v) is 10.4. The van der Waals surface area contributed by atoms with Gasteiger partial charge >= 0.3 is 5.97 Å². The molecule has 0 spiro atoms. The van der Waals surface area contributed by atoms with Crippen molar-refractivity contribution in [2.45, 2.75) is 32.2 Å². The molecule has 1 fully saturated rings. The molecule has 0 saturated carbocycles. The second kappa shape index (κ2) is 6.39. The minimum atomic E-state index is -0.872. The molecular weight excluding hydrogens is 220 g/mol. The number of hydrogen-bond donors (Lipinski definition) is 2. The third-order valence-corrected chi connectivity index (χ3v) is 3.14. The van der Waals surface area contributed by atoms with Crippen molar-refractivity contribution < 1.29 is 14.7 Å². The number of aliphatic carboxylic acids is 1. The van der Waals surface area contributed by atoms with Crippen LogP contribution in [0.15, 0.2) is 11.6 Å². The van der Waals surface area contributed by atoms with Gasteiger partial charge in [0.15, 0.2) is 0 Å². The zero-order valence-electron chi connectivity index (χ0n) is 10.4. The molecule has 1 amide bonds. The SMILES string of the molecule is CCC(=CCN1CCCC1C(=O)NC)C(=O)O. The lowest BCUT2D eigenvalue weighted by Gasteiger charge is -2.21. The lowest BCUT2D eigenvalue weighted by atomic mass is 10.2. The number of carbonyl (C=O) groups is 2. The summed E-state index contributed by atoms with van der Waals surface area (Å²) in [5.74, 6) is -0.854. The lowest BCUT2D eigenvalue weighted by Crippen LogP contribution is -2.42. The summed E-state index contributed by atoms with van der Waals surface area (Å²) in [6, 6.07) is -0.108. The van der Waals surface area contributed by atoms with Gasteiger partial charge in [0.2, 0.25) is 5.91 Å². The average Bonchev–Trinajstić information content (AvgIpc) is 2.76. The van der Waals surface area contributed by atoms with Crippen molar-refractivity contribution in [1.82, 2.24) is 10.2 Å². The van der Waals surface area contributed by atoms with E-state index >= 15 is 0 Å². The van der Waals surface area contributed by atoms with Crippen LogP contribution in [-0.4, -0.2) is 48.1 Å². The Morgan fingerprint density at radius 3 is 2.76 bits per heavy atom. The Balaban J connectivity index is 2.61. The molecule has 96 valence electrons. The molecule has 1 unspecified atom stereocenters. The maximum Gasteiger partial charge on any atom is 0.331 e. The van der Waals surface area contributed by atoms with Crippen molar-refractivity contribution in [3.05, 3.63) is 11.6 Å². The third-order valence-electron chi connectivity index (χ3n) is 3.14. The van der Waals surface area contributed by atoms with Crippen molar-refractivity contribution in [3.8, 4) is 0 Å². The molecule has 5 heteroatoms. The van der Waals surface area contributed by atoms with Crippen LogP contribution in [-0.2, 0) is 9.59 Å². The van der Waals surface area contributed by atoms with Gasteiger partial charge in [-0.3, -0.25) is 9.69 Å². The van der Waals surface area contributed by atoms with E-state index in [2.05, 4.69) is 5.32 Å². The van der Waals surface area contributed by atoms with Crippen molar-refractivity contribution >= 4 is 11.9 Å². The minimum absolute atomic E-state index is 0.0178. The highest BCUT2D eigenvalue weighted by atomic mass is 16.4. The first-order valence-electron chi connectivity index (χ1n) is 5.98. The molecule has 0 bridgehead atoms. The monoisotopic (exact) mass is 240 g/mol. The first-order chi connectivity index (χ1) is 8.10. The number of carboxylic acid groups (broad SMARTS) is 1. The van der Waals surface area contributed by atoms with Gasteiger partial charge in [0.1, 0.15) is 0 Å². The summed E-state index contributed by atoms with van der Waals surface area (Å²) < 4.78 is 0. The van der Waals surface area contributed by atoms with Crippen molar-refractivity contribution in [1.29, 1.82) is 0 Å².